The molecular weight excluding hydrogens is 330 g/mol. The van der Waals surface area contributed by atoms with Crippen LogP contribution in [0.5, 0.6) is 0 Å². The third kappa shape index (κ3) is 3.12. The van der Waals surface area contributed by atoms with E-state index in [1.807, 2.05) is 0 Å². The maximum absolute atomic E-state index is 12.2. The Morgan fingerprint density at radius 2 is 2.19 bits per heavy atom. The lowest BCUT2D eigenvalue weighted by Gasteiger charge is -2.21. The molecule has 4 nitrogen and oxygen atoms in total. The number of carbonyl (C=O) groups is 1. The highest BCUT2D eigenvalue weighted by Crippen LogP contribution is 2.47. The standard InChI is InChI=1S/C14H18ClNO3S2/c1-8-13(21(15,18)19)6-12(20-8)14(17)16-7-11-5-9-2-3-10(11)4-9/h6,9-11H,2-5,7H2,1H3,(H,16,17). The van der Waals surface area contributed by atoms with Gasteiger partial charge in [-0.1, -0.05) is 6.42 Å². The third-order valence-corrected chi connectivity index (χ3v) is 7.39. The highest BCUT2D eigenvalue weighted by atomic mass is 35.7. The van der Waals surface area contributed by atoms with Crippen molar-refractivity contribution >= 4 is 37.0 Å². The summed E-state index contributed by atoms with van der Waals surface area (Å²) in [6.45, 7) is 2.35. The fourth-order valence-electron chi connectivity index (χ4n) is 3.76. The number of halogens is 1. The molecule has 21 heavy (non-hydrogen) atoms. The molecule has 2 fully saturated rings. The molecule has 0 saturated heterocycles. The molecule has 7 heteroatoms. The molecule has 1 amide bonds. The molecular formula is C14H18ClNO3S2. The van der Waals surface area contributed by atoms with Crippen LogP contribution in [0.1, 0.15) is 40.2 Å². The Morgan fingerprint density at radius 1 is 1.43 bits per heavy atom. The minimum absolute atomic E-state index is 0.0410. The van der Waals surface area contributed by atoms with Gasteiger partial charge in [-0.2, -0.15) is 0 Å². The second-order valence-corrected chi connectivity index (χ2v) is 9.90. The van der Waals surface area contributed by atoms with Gasteiger partial charge in [-0.15, -0.1) is 11.3 Å². The van der Waals surface area contributed by atoms with Crippen LogP contribution in [0.3, 0.4) is 0 Å². The lowest BCUT2D eigenvalue weighted by molar-refractivity contribution is 0.0945. The van der Waals surface area contributed by atoms with Gasteiger partial charge in [0, 0.05) is 22.1 Å². The third-order valence-electron chi connectivity index (χ3n) is 4.77. The van der Waals surface area contributed by atoms with Gasteiger partial charge in [0.15, 0.2) is 0 Å². The Balaban J connectivity index is 1.63. The van der Waals surface area contributed by atoms with Gasteiger partial charge in [-0.3, -0.25) is 4.79 Å². The van der Waals surface area contributed by atoms with Gasteiger partial charge in [-0.25, -0.2) is 8.42 Å². The summed E-state index contributed by atoms with van der Waals surface area (Å²) in [6.07, 6.45) is 5.16. The molecule has 2 bridgehead atoms. The van der Waals surface area contributed by atoms with E-state index in [-0.39, 0.29) is 10.8 Å². The molecule has 3 unspecified atom stereocenters. The van der Waals surface area contributed by atoms with Crippen LogP contribution in [0.15, 0.2) is 11.0 Å². The molecule has 0 spiro atoms. The van der Waals surface area contributed by atoms with Crippen molar-refractivity contribution in [3.63, 3.8) is 0 Å². The number of nitrogens with one attached hydrogen (secondary N) is 1. The first-order valence-corrected chi connectivity index (χ1v) is 10.3. The molecule has 0 radical (unpaired) electrons. The Bertz CT molecular complexity index is 668. The molecule has 0 aliphatic heterocycles. The zero-order valence-corrected chi connectivity index (χ0v) is 14.2. The Labute approximate surface area is 133 Å². The molecule has 1 heterocycles. The molecule has 2 aliphatic carbocycles. The van der Waals surface area contributed by atoms with E-state index < -0.39 is 9.05 Å². The average Bonchev–Trinajstić information content (AvgIpc) is 3.09. The Hall–Kier alpha value is -0.590. The van der Waals surface area contributed by atoms with Crippen molar-refractivity contribution in [2.75, 3.05) is 6.54 Å². The summed E-state index contributed by atoms with van der Waals surface area (Å²) >= 11 is 1.17. The van der Waals surface area contributed by atoms with E-state index in [0.717, 1.165) is 11.8 Å². The minimum Gasteiger partial charge on any atom is -0.351 e. The van der Waals surface area contributed by atoms with Gasteiger partial charge in [0.2, 0.25) is 0 Å². The largest absolute Gasteiger partial charge is 0.351 e. The van der Waals surface area contributed by atoms with Gasteiger partial charge < -0.3 is 5.32 Å². The molecule has 116 valence electrons. The normalized spacial score (nSPS) is 28.0. The number of amides is 1. The van der Waals surface area contributed by atoms with Crippen molar-refractivity contribution in [2.24, 2.45) is 17.8 Å². The number of thiophene rings is 1. The predicted octanol–water partition coefficient (Wildman–Crippen LogP) is 3.15. The summed E-state index contributed by atoms with van der Waals surface area (Å²) in [7, 11) is 1.57. The van der Waals surface area contributed by atoms with Crippen LogP contribution in [0.4, 0.5) is 0 Å². The zero-order chi connectivity index (χ0) is 15.2. The number of fused-ring (bicyclic) bond motifs is 2. The Morgan fingerprint density at radius 3 is 2.71 bits per heavy atom. The van der Waals surface area contributed by atoms with Gasteiger partial charge >= 0.3 is 0 Å². The monoisotopic (exact) mass is 347 g/mol. The van der Waals surface area contributed by atoms with E-state index in [1.54, 1.807) is 6.92 Å². The maximum Gasteiger partial charge on any atom is 0.262 e. The average molecular weight is 348 g/mol. The van der Waals surface area contributed by atoms with E-state index >= 15 is 0 Å². The predicted molar refractivity (Wildman–Crippen MR) is 83.4 cm³/mol. The van der Waals surface area contributed by atoms with E-state index in [2.05, 4.69) is 5.32 Å². The molecule has 1 aromatic rings. The van der Waals surface area contributed by atoms with Gasteiger partial charge in [0.1, 0.15) is 0 Å². The number of carbonyl (C=O) groups excluding carboxylic acids is 1. The van der Waals surface area contributed by atoms with Crippen molar-refractivity contribution < 1.29 is 13.2 Å². The Kier molecular flexibility index (Phi) is 4.05. The first-order valence-electron chi connectivity index (χ1n) is 7.18. The van der Waals surface area contributed by atoms with Gasteiger partial charge in [0.05, 0.1) is 9.77 Å². The van der Waals surface area contributed by atoms with Crippen LogP contribution in [0.2, 0.25) is 0 Å². The van der Waals surface area contributed by atoms with E-state index in [9.17, 15) is 13.2 Å². The van der Waals surface area contributed by atoms with Crippen LogP contribution in [-0.2, 0) is 9.05 Å². The molecule has 0 aromatic carbocycles. The summed E-state index contributed by atoms with van der Waals surface area (Å²) in [6, 6.07) is 1.37. The van der Waals surface area contributed by atoms with Gasteiger partial charge in [-0.05, 0) is 50.0 Å². The van der Waals surface area contributed by atoms with Crippen LogP contribution in [0.25, 0.3) is 0 Å². The van der Waals surface area contributed by atoms with Crippen LogP contribution in [-0.4, -0.2) is 20.9 Å². The highest BCUT2D eigenvalue weighted by molar-refractivity contribution is 8.13. The highest BCUT2D eigenvalue weighted by Gasteiger charge is 2.39. The number of aryl methyl sites for hydroxylation is 1. The van der Waals surface area contributed by atoms with Crippen LogP contribution in [0, 0.1) is 24.7 Å². The minimum atomic E-state index is -3.78. The molecule has 3 atom stereocenters. The van der Waals surface area contributed by atoms with Crippen molar-refractivity contribution in [1.29, 1.82) is 0 Å². The maximum atomic E-state index is 12.2. The molecule has 2 saturated carbocycles. The number of rotatable bonds is 4. The van der Waals surface area contributed by atoms with E-state index in [4.69, 9.17) is 10.7 Å². The van der Waals surface area contributed by atoms with Crippen LogP contribution < -0.4 is 5.32 Å². The lowest BCUT2D eigenvalue weighted by atomic mass is 9.89. The first kappa shape index (κ1) is 15.3. The summed E-state index contributed by atoms with van der Waals surface area (Å²) < 4.78 is 22.8. The van der Waals surface area contributed by atoms with Crippen molar-refractivity contribution in [2.45, 2.75) is 37.5 Å². The SMILES string of the molecule is Cc1sc(C(=O)NCC2CC3CCC2C3)cc1S(=O)(=O)Cl. The number of hydrogen-bond acceptors (Lipinski definition) is 4. The molecule has 1 aromatic heterocycles. The first-order chi connectivity index (χ1) is 9.84. The van der Waals surface area contributed by atoms with Crippen molar-refractivity contribution in [3.05, 3.63) is 15.8 Å². The van der Waals surface area contributed by atoms with E-state index in [0.29, 0.717) is 22.2 Å². The van der Waals surface area contributed by atoms with E-state index in [1.165, 1.54) is 43.1 Å². The molecule has 3 rings (SSSR count). The quantitative estimate of drug-likeness (QED) is 0.851. The zero-order valence-electron chi connectivity index (χ0n) is 11.8. The molecule has 2 aliphatic rings. The smallest absolute Gasteiger partial charge is 0.262 e. The second-order valence-electron chi connectivity index (χ2n) is 6.11. The fourth-order valence-corrected chi connectivity index (χ4v) is 6.34. The summed E-state index contributed by atoms with van der Waals surface area (Å²) in [4.78, 5) is 13.2. The topological polar surface area (TPSA) is 63.2 Å². The van der Waals surface area contributed by atoms with Crippen LogP contribution >= 0.6 is 22.0 Å². The van der Waals surface area contributed by atoms with Gasteiger partial charge in [0.25, 0.3) is 15.0 Å². The van der Waals surface area contributed by atoms with Crippen molar-refractivity contribution in [3.8, 4) is 0 Å². The lowest BCUT2D eigenvalue weighted by Crippen LogP contribution is -2.31. The summed E-state index contributed by atoms with van der Waals surface area (Å²) in [5.41, 5.74) is 0. The number of hydrogen-bond donors (Lipinski definition) is 1. The van der Waals surface area contributed by atoms with Crippen molar-refractivity contribution in [1.82, 2.24) is 5.32 Å². The summed E-state index contributed by atoms with van der Waals surface area (Å²) in [5, 5.41) is 2.95. The molecule has 1 N–H and O–H groups in total. The second kappa shape index (κ2) is 5.56. The summed E-state index contributed by atoms with van der Waals surface area (Å²) in [5.74, 6) is 2.01. The fraction of sp³-hybridized carbons (Fsp3) is 0.643.